The Labute approximate surface area is 141 Å². The Balaban J connectivity index is 1.93. The molecule has 0 fully saturated rings. The monoisotopic (exact) mass is 361 g/mol. The molecule has 0 saturated carbocycles. The van der Waals surface area contributed by atoms with Crippen molar-refractivity contribution in [3.63, 3.8) is 0 Å². The van der Waals surface area contributed by atoms with Crippen molar-refractivity contribution < 1.29 is 31.4 Å². The Morgan fingerprint density at radius 3 is 2.24 bits per heavy atom. The molecule has 2 aromatic rings. The van der Waals surface area contributed by atoms with Crippen molar-refractivity contribution in [3.05, 3.63) is 53.3 Å². The Bertz CT molecular complexity index is 686. The first kappa shape index (κ1) is 19.0. The van der Waals surface area contributed by atoms with Gasteiger partial charge < -0.3 is 9.47 Å². The molecule has 0 saturated heterocycles. The zero-order valence-electron chi connectivity index (χ0n) is 13.3. The molecule has 0 unspecified atom stereocenters. The van der Waals surface area contributed by atoms with Crippen LogP contribution in [0.3, 0.4) is 0 Å². The number of hydrogen-bond donors (Lipinski definition) is 0. The smallest absolute Gasteiger partial charge is 0.433 e. The molecule has 0 aliphatic heterocycles. The van der Waals surface area contributed by atoms with Gasteiger partial charge in [0.05, 0.1) is 7.11 Å². The highest BCUT2D eigenvalue weighted by molar-refractivity contribution is 5.43. The summed E-state index contributed by atoms with van der Waals surface area (Å²) in [4.78, 5) is 3.41. The van der Waals surface area contributed by atoms with Crippen LogP contribution in [0.5, 0.6) is 11.5 Å². The fourth-order valence-corrected chi connectivity index (χ4v) is 2.30. The van der Waals surface area contributed by atoms with E-state index < -0.39 is 18.5 Å². The lowest BCUT2D eigenvalue weighted by molar-refractivity contribution is -0.141. The summed E-state index contributed by atoms with van der Waals surface area (Å²) in [5.74, 6) is 0.155. The van der Waals surface area contributed by atoms with E-state index in [2.05, 4.69) is 9.72 Å². The molecule has 1 aromatic carbocycles. The Morgan fingerprint density at radius 1 is 1.00 bits per heavy atom. The van der Waals surface area contributed by atoms with Crippen molar-refractivity contribution in [1.82, 2.24) is 4.98 Å². The van der Waals surface area contributed by atoms with Crippen molar-refractivity contribution in [1.29, 1.82) is 0 Å². The molecule has 0 bridgehead atoms. The minimum atomic E-state index is -4.45. The van der Waals surface area contributed by atoms with E-state index in [0.717, 1.165) is 11.6 Å². The van der Waals surface area contributed by atoms with Gasteiger partial charge in [0.1, 0.15) is 5.69 Å². The van der Waals surface area contributed by atoms with Gasteiger partial charge in [-0.15, -0.1) is 0 Å². The van der Waals surface area contributed by atoms with Gasteiger partial charge in [0, 0.05) is 6.20 Å². The number of hydrogen-bond acceptors (Lipinski definition) is 3. The van der Waals surface area contributed by atoms with Crippen molar-refractivity contribution in [2.75, 3.05) is 7.11 Å². The zero-order chi connectivity index (χ0) is 18.4. The molecule has 0 N–H and O–H groups in total. The molecular formula is C17H16F5NO2. The molecule has 0 amide bonds. The van der Waals surface area contributed by atoms with Gasteiger partial charge in [0.15, 0.2) is 11.5 Å². The fraction of sp³-hybridized carbons (Fsp3) is 0.353. The molecule has 0 aliphatic carbocycles. The molecular weight excluding hydrogens is 345 g/mol. The third-order valence-corrected chi connectivity index (χ3v) is 3.49. The van der Waals surface area contributed by atoms with Gasteiger partial charge in [0.25, 0.3) is 0 Å². The lowest BCUT2D eigenvalue weighted by Gasteiger charge is -2.11. The summed E-state index contributed by atoms with van der Waals surface area (Å²) >= 11 is 0. The molecule has 0 aliphatic rings. The molecule has 0 spiro atoms. The van der Waals surface area contributed by atoms with Gasteiger partial charge in [-0.25, -0.2) is 0 Å². The molecule has 1 heterocycles. The second-order valence-electron chi connectivity index (χ2n) is 5.27. The number of halogens is 5. The van der Waals surface area contributed by atoms with E-state index in [4.69, 9.17) is 4.74 Å². The largest absolute Gasteiger partial charge is 0.493 e. The van der Waals surface area contributed by atoms with Gasteiger partial charge >= 0.3 is 12.8 Å². The predicted molar refractivity (Wildman–Crippen MR) is 80.9 cm³/mol. The number of alkyl halides is 5. The second kappa shape index (κ2) is 8.13. The number of nitrogens with zero attached hydrogens (tertiary/aromatic N) is 1. The van der Waals surface area contributed by atoms with Crippen molar-refractivity contribution >= 4 is 0 Å². The maximum absolute atomic E-state index is 12.4. The van der Waals surface area contributed by atoms with Gasteiger partial charge in [-0.1, -0.05) is 12.1 Å². The normalized spacial score (nSPS) is 11.6. The van der Waals surface area contributed by atoms with E-state index in [9.17, 15) is 22.0 Å². The highest BCUT2D eigenvalue weighted by Crippen LogP contribution is 2.30. The fourth-order valence-electron chi connectivity index (χ4n) is 2.30. The topological polar surface area (TPSA) is 31.4 Å². The van der Waals surface area contributed by atoms with Crippen LogP contribution in [0.25, 0.3) is 0 Å². The average molecular weight is 361 g/mol. The van der Waals surface area contributed by atoms with Crippen LogP contribution in [0.2, 0.25) is 0 Å². The first-order chi connectivity index (χ1) is 11.8. The minimum Gasteiger partial charge on any atom is -0.493 e. The number of aryl methyl sites for hydroxylation is 2. The summed E-state index contributed by atoms with van der Waals surface area (Å²) in [6, 6.07) is 7.00. The van der Waals surface area contributed by atoms with E-state index in [1.54, 1.807) is 12.1 Å². The molecule has 3 nitrogen and oxygen atoms in total. The van der Waals surface area contributed by atoms with Crippen molar-refractivity contribution in [2.24, 2.45) is 0 Å². The quantitative estimate of drug-likeness (QED) is 0.659. The van der Waals surface area contributed by atoms with Crippen molar-refractivity contribution in [3.8, 4) is 11.5 Å². The van der Waals surface area contributed by atoms with Crippen LogP contribution in [-0.4, -0.2) is 18.7 Å². The molecule has 1 aromatic heterocycles. The number of ether oxygens (including phenoxy) is 2. The van der Waals surface area contributed by atoms with E-state index in [0.29, 0.717) is 24.8 Å². The zero-order valence-corrected chi connectivity index (χ0v) is 13.3. The van der Waals surface area contributed by atoms with Crippen LogP contribution in [0.15, 0.2) is 36.5 Å². The number of aromatic nitrogens is 1. The van der Waals surface area contributed by atoms with Crippen LogP contribution < -0.4 is 9.47 Å². The maximum Gasteiger partial charge on any atom is 0.433 e. The van der Waals surface area contributed by atoms with Crippen molar-refractivity contribution in [2.45, 2.75) is 32.1 Å². The molecule has 25 heavy (non-hydrogen) atoms. The lowest BCUT2D eigenvalue weighted by Crippen LogP contribution is -2.07. The van der Waals surface area contributed by atoms with Crippen LogP contribution >= 0.6 is 0 Å². The first-order valence-corrected chi connectivity index (χ1v) is 7.43. The van der Waals surface area contributed by atoms with Gasteiger partial charge in [-0.3, -0.25) is 4.98 Å². The van der Waals surface area contributed by atoms with Crippen LogP contribution in [-0.2, 0) is 19.0 Å². The molecule has 8 heteroatoms. The molecule has 2 rings (SSSR count). The van der Waals surface area contributed by atoms with Crippen LogP contribution in [0, 0.1) is 0 Å². The third kappa shape index (κ3) is 5.58. The highest BCUT2D eigenvalue weighted by Gasteiger charge is 2.31. The van der Waals surface area contributed by atoms with E-state index >= 15 is 0 Å². The van der Waals surface area contributed by atoms with E-state index in [1.165, 1.54) is 25.4 Å². The lowest BCUT2D eigenvalue weighted by atomic mass is 10.0. The predicted octanol–water partition coefficient (Wildman–Crippen LogP) is 4.89. The maximum atomic E-state index is 12.4. The van der Waals surface area contributed by atoms with E-state index in [-0.39, 0.29) is 11.5 Å². The average Bonchev–Trinajstić information content (AvgIpc) is 2.55. The summed E-state index contributed by atoms with van der Waals surface area (Å²) < 4.78 is 71.3. The minimum absolute atomic E-state index is 0.0480. The Morgan fingerprint density at radius 2 is 1.68 bits per heavy atom. The third-order valence-electron chi connectivity index (χ3n) is 3.49. The van der Waals surface area contributed by atoms with Crippen LogP contribution in [0.1, 0.15) is 23.2 Å². The highest BCUT2D eigenvalue weighted by atomic mass is 19.4. The Hall–Kier alpha value is -2.38. The van der Waals surface area contributed by atoms with Crippen LogP contribution in [0.4, 0.5) is 22.0 Å². The summed E-state index contributed by atoms with van der Waals surface area (Å²) in [5.41, 5.74) is 0.617. The van der Waals surface area contributed by atoms with E-state index in [1.807, 2.05) is 0 Å². The molecule has 0 radical (unpaired) electrons. The van der Waals surface area contributed by atoms with Gasteiger partial charge in [-0.2, -0.15) is 22.0 Å². The van der Waals surface area contributed by atoms with Gasteiger partial charge in [0.2, 0.25) is 0 Å². The standard InChI is InChI=1S/C17H16F5NO2/c1-24-14-9-11(5-7-13(14)25-16(18)19)3-2-4-12-6-8-15(23-10-12)17(20,21)22/h5-10,16H,2-4H2,1H3. The summed E-state index contributed by atoms with van der Waals surface area (Å²) in [7, 11) is 1.35. The SMILES string of the molecule is COc1cc(CCCc2ccc(C(F)(F)F)nc2)ccc1OC(F)F. The number of methoxy groups -OCH3 is 1. The molecule has 136 valence electrons. The number of benzene rings is 1. The molecule has 0 atom stereocenters. The van der Waals surface area contributed by atoms with Gasteiger partial charge in [-0.05, 0) is 48.6 Å². The first-order valence-electron chi connectivity index (χ1n) is 7.43. The number of pyridine rings is 1. The summed E-state index contributed by atoms with van der Waals surface area (Å²) in [6.45, 7) is -2.94. The second-order valence-corrected chi connectivity index (χ2v) is 5.27. The number of rotatable bonds is 7. The Kier molecular flexibility index (Phi) is 6.17. The summed E-state index contributed by atoms with van der Waals surface area (Å²) in [5, 5.41) is 0. The summed E-state index contributed by atoms with van der Waals surface area (Å²) in [6.07, 6.45) is -1.43.